The average molecular weight is 459 g/mol. The largest absolute Gasteiger partial charge is 0.486 e. The molecule has 0 bridgehead atoms. The first-order chi connectivity index (χ1) is 15.5. The van der Waals surface area contributed by atoms with Crippen molar-refractivity contribution in [1.29, 1.82) is 0 Å². The molecule has 3 atom stereocenters. The lowest BCUT2D eigenvalue weighted by Gasteiger charge is -2.33. The standard InChI is InChI=1S/C23H26N2O6S/c26-22-12-11-19(30-23(22)15-24-32(27,28)21-9-5-2-6-10-21)13-17-14-20(31-25-17)16-29-18-7-3-1-4-8-18/h1-10,14,19,22-24,26H,11-13,15-16H2/t19-,22-,23+/m0/s1. The molecule has 8 nitrogen and oxygen atoms in total. The summed E-state index contributed by atoms with van der Waals surface area (Å²) in [5.74, 6) is 1.35. The molecule has 170 valence electrons. The molecule has 32 heavy (non-hydrogen) atoms. The van der Waals surface area contributed by atoms with Crippen molar-refractivity contribution in [2.45, 2.75) is 49.1 Å². The molecular formula is C23H26N2O6S. The Hall–Kier alpha value is -2.72. The lowest BCUT2D eigenvalue weighted by Crippen LogP contribution is -2.46. The lowest BCUT2D eigenvalue weighted by atomic mass is 9.98. The summed E-state index contributed by atoms with van der Waals surface area (Å²) in [6.45, 7) is 0.259. The summed E-state index contributed by atoms with van der Waals surface area (Å²) in [5.41, 5.74) is 0.724. The zero-order chi connectivity index (χ0) is 22.4. The molecule has 1 aliphatic rings. The molecule has 0 unspecified atom stereocenters. The van der Waals surface area contributed by atoms with Gasteiger partial charge >= 0.3 is 0 Å². The topological polar surface area (TPSA) is 111 Å². The van der Waals surface area contributed by atoms with Gasteiger partial charge in [-0.2, -0.15) is 0 Å². The molecular weight excluding hydrogens is 432 g/mol. The van der Waals surface area contributed by atoms with Crippen molar-refractivity contribution >= 4 is 10.0 Å². The second-order valence-electron chi connectivity index (χ2n) is 7.70. The van der Waals surface area contributed by atoms with Crippen LogP contribution in [0, 0.1) is 0 Å². The van der Waals surface area contributed by atoms with Crippen LogP contribution in [-0.4, -0.2) is 43.5 Å². The zero-order valence-electron chi connectivity index (χ0n) is 17.5. The number of aliphatic hydroxyl groups is 1. The molecule has 2 N–H and O–H groups in total. The van der Waals surface area contributed by atoms with Gasteiger partial charge in [-0.15, -0.1) is 0 Å². The van der Waals surface area contributed by atoms with Gasteiger partial charge in [-0.25, -0.2) is 13.1 Å². The number of nitrogens with zero attached hydrogens (tertiary/aromatic N) is 1. The van der Waals surface area contributed by atoms with Gasteiger partial charge in [0.1, 0.15) is 12.4 Å². The Kier molecular flexibility index (Phi) is 7.21. The van der Waals surface area contributed by atoms with Crippen LogP contribution in [0.15, 0.2) is 76.1 Å². The Morgan fingerprint density at radius 2 is 1.78 bits per heavy atom. The van der Waals surface area contributed by atoms with Crippen LogP contribution in [0.3, 0.4) is 0 Å². The van der Waals surface area contributed by atoms with Crippen LogP contribution in [0.5, 0.6) is 5.75 Å². The molecule has 4 rings (SSSR count). The molecule has 0 spiro atoms. The molecule has 1 aromatic heterocycles. The maximum absolute atomic E-state index is 12.4. The maximum atomic E-state index is 12.4. The summed E-state index contributed by atoms with van der Waals surface area (Å²) in [7, 11) is -3.67. The van der Waals surface area contributed by atoms with Gasteiger partial charge in [-0.1, -0.05) is 41.6 Å². The quantitative estimate of drug-likeness (QED) is 0.507. The van der Waals surface area contributed by atoms with Gasteiger partial charge in [0.25, 0.3) is 0 Å². The van der Waals surface area contributed by atoms with Crippen molar-refractivity contribution in [1.82, 2.24) is 9.88 Å². The molecule has 9 heteroatoms. The van der Waals surface area contributed by atoms with E-state index in [1.54, 1.807) is 18.2 Å². The number of hydrogen-bond donors (Lipinski definition) is 2. The van der Waals surface area contributed by atoms with Gasteiger partial charge in [-0.3, -0.25) is 0 Å². The van der Waals surface area contributed by atoms with Crippen molar-refractivity contribution in [2.24, 2.45) is 0 Å². The molecule has 1 aliphatic heterocycles. The normalized spacial score (nSPS) is 21.3. The first kappa shape index (κ1) is 22.5. The highest BCUT2D eigenvalue weighted by molar-refractivity contribution is 7.89. The summed E-state index contributed by atoms with van der Waals surface area (Å²) < 4.78 is 44.4. The minimum absolute atomic E-state index is 0.0100. The number of nitrogens with one attached hydrogen (secondary N) is 1. The first-order valence-electron chi connectivity index (χ1n) is 10.5. The van der Waals surface area contributed by atoms with Crippen molar-refractivity contribution in [2.75, 3.05) is 6.54 Å². The minimum atomic E-state index is -3.67. The van der Waals surface area contributed by atoms with Crippen molar-refractivity contribution in [3.63, 3.8) is 0 Å². The Bertz CT molecular complexity index is 1090. The van der Waals surface area contributed by atoms with E-state index in [1.807, 2.05) is 36.4 Å². The van der Waals surface area contributed by atoms with Crippen molar-refractivity contribution in [3.05, 3.63) is 78.2 Å². The second kappa shape index (κ2) is 10.3. The Labute approximate surface area is 187 Å². The summed E-state index contributed by atoms with van der Waals surface area (Å²) >= 11 is 0. The molecule has 2 aromatic carbocycles. The summed E-state index contributed by atoms with van der Waals surface area (Å²) in [6, 6.07) is 19.4. The van der Waals surface area contributed by atoms with E-state index in [0.29, 0.717) is 25.0 Å². The van der Waals surface area contributed by atoms with Crippen molar-refractivity contribution in [3.8, 4) is 5.75 Å². The van der Waals surface area contributed by atoms with Crippen LogP contribution in [0.4, 0.5) is 0 Å². The van der Waals surface area contributed by atoms with E-state index >= 15 is 0 Å². The number of rotatable bonds is 9. The molecule has 0 aliphatic carbocycles. The van der Waals surface area contributed by atoms with Gasteiger partial charge in [0.2, 0.25) is 10.0 Å². The SMILES string of the molecule is O=S(=O)(NC[C@H]1O[C@H](Cc2cc(COc3ccccc3)on2)CC[C@@H]1O)c1ccccc1. The maximum Gasteiger partial charge on any atom is 0.240 e. The third-order valence-electron chi connectivity index (χ3n) is 5.28. The van der Waals surface area contributed by atoms with E-state index in [2.05, 4.69) is 9.88 Å². The number of para-hydroxylation sites is 1. The molecule has 0 amide bonds. The predicted octanol–water partition coefficient (Wildman–Crippen LogP) is 2.68. The van der Waals surface area contributed by atoms with E-state index in [-0.39, 0.29) is 24.2 Å². The molecule has 1 fully saturated rings. The smallest absolute Gasteiger partial charge is 0.240 e. The number of sulfonamides is 1. The predicted molar refractivity (Wildman–Crippen MR) is 117 cm³/mol. The molecule has 3 aromatic rings. The van der Waals surface area contributed by atoms with E-state index in [4.69, 9.17) is 14.0 Å². The van der Waals surface area contributed by atoms with Crippen LogP contribution in [-0.2, 0) is 27.8 Å². The summed E-state index contributed by atoms with van der Waals surface area (Å²) in [4.78, 5) is 0.176. The van der Waals surface area contributed by atoms with Crippen LogP contribution in [0.2, 0.25) is 0 Å². The third kappa shape index (κ3) is 5.95. The van der Waals surface area contributed by atoms with E-state index in [9.17, 15) is 13.5 Å². The number of aliphatic hydroxyl groups excluding tert-OH is 1. The Morgan fingerprint density at radius 3 is 2.53 bits per heavy atom. The van der Waals surface area contributed by atoms with Gasteiger partial charge in [-0.05, 0) is 37.1 Å². The fraction of sp³-hybridized carbons (Fsp3) is 0.348. The van der Waals surface area contributed by atoms with Crippen LogP contribution < -0.4 is 9.46 Å². The Morgan fingerprint density at radius 1 is 1.06 bits per heavy atom. The van der Waals surface area contributed by atoms with Crippen LogP contribution in [0.25, 0.3) is 0 Å². The molecule has 1 saturated heterocycles. The number of aromatic nitrogens is 1. The minimum Gasteiger partial charge on any atom is -0.486 e. The first-order valence-corrected chi connectivity index (χ1v) is 12.0. The van der Waals surface area contributed by atoms with Gasteiger partial charge < -0.3 is 19.1 Å². The number of benzene rings is 2. The second-order valence-corrected chi connectivity index (χ2v) is 9.46. The number of hydrogen-bond acceptors (Lipinski definition) is 7. The van der Waals surface area contributed by atoms with Crippen LogP contribution in [0.1, 0.15) is 24.3 Å². The highest BCUT2D eigenvalue weighted by atomic mass is 32.2. The number of ether oxygens (including phenoxy) is 2. The molecule has 0 saturated carbocycles. The zero-order valence-corrected chi connectivity index (χ0v) is 18.3. The van der Waals surface area contributed by atoms with Gasteiger partial charge in [0.05, 0.1) is 28.9 Å². The highest BCUT2D eigenvalue weighted by Gasteiger charge is 2.31. The van der Waals surface area contributed by atoms with E-state index < -0.39 is 22.2 Å². The molecule has 0 radical (unpaired) electrons. The van der Waals surface area contributed by atoms with Gasteiger partial charge in [0, 0.05) is 19.0 Å². The lowest BCUT2D eigenvalue weighted by molar-refractivity contribution is -0.113. The summed E-state index contributed by atoms with van der Waals surface area (Å²) in [6.07, 6.45) is 0.0917. The average Bonchev–Trinajstić information content (AvgIpc) is 3.26. The molecule has 2 heterocycles. The fourth-order valence-electron chi connectivity index (χ4n) is 3.58. The van der Waals surface area contributed by atoms with Crippen LogP contribution >= 0.6 is 0 Å². The fourth-order valence-corrected chi connectivity index (χ4v) is 4.65. The van der Waals surface area contributed by atoms with E-state index in [0.717, 1.165) is 11.4 Å². The van der Waals surface area contributed by atoms with Crippen molar-refractivity contribution < 1.29 is 27.5 Å². The third-order valence-corrected chi connectivity index (χ3v) is 6.72. The summed E-state index contributed by atoms with van der Waals surface area (Å²) in [5, 5.41) is 14.4. The highest BCUT2D eigenvalue weighted by Crippen LogP contribution is 2.23. The van der Waals surface area contributed by atoms with Gasteiger partial charge in [0.15, 0.2) is 5.76 Å². The Balaban J connectivity index is 1.29. The monoisotopic (exact) mass is 458 g/mol. The van der Waals surface area contributed by atoms with E-state index in [1.165, 1.54) is 12.1 Å².